The van der Waals surface area contributed by atoms with Crippen molar-refractivity contribution in [3.8, 4) is 0 Å². The molecule has 0 aromatic carbocycles. The van der Waals surface area contributed by atoms with Crippen molar-refractivity contribution >= 4 is 0 Å². The molecule has 2 rings (SSSR count). The van der Waals surface area contributed by atoms with Crippen LogP contribution < -0.4 is 11.3 Å². The molecule has 1 atom stereocenters. The quantitative estimate of drug-likeness (QED) is 0.586. The van der Waals surface area contributed by atoms with Gasteiger partial charge >= 0.3 is 0 Å². The number of aryl methyl sites for hydroxylation is 2. The standard InChI is InChI=1S/C11H15N5/c1-8-5-9(7-13-6-8)11(15-12)10-3-4-14-16(10)2/h3-7,11,15H,12H2,1-2H3. The van der Waals surface area contributed by atoms with Gasteiger partial charge in [-0.3, -0.25) is 15.5 Å². The SMILES string of the molecule is Cc1cncc(C(NN)c2ccnn2C)c1. The largest absolute Gasteiger partial charge is 0.271 e. The monoisotopic (exact) mass is 217 g/mol. The van der Waals surface area contributed by atoms with Crippen LogP contribution in [0.2, 0.25) is 0 Å². The molecule has 2 aromatic heterocycles. The lowest BCUT2D eigenvalue weighted by Crippen LogP contribution is -2.30. The second-order valence-corrected chi connectivity index (χ2v) is 3.77. The van der Waals surface area contributed by atoms with E-state index >= 15 is 0 Å². The topological polar surface area (TPSA) is 68.8 Å². The van der Waals surface area contributed by atoms with Crippen molar-refractivity contribution in [2.24, 2.45) is 12.9 Å². The first kappa shape index (κ1) is 10.8. The van der Waals surface area contributed by atoms with Gasteiger partial charge in [-0.15, -0.1) is 0 Å². The minimum atomic E-state index is -0.0834. The lowest BCUT2D eigenvalue weighted by molar-refractivity contribution is 0.573. The maximum atomic E-state index is 5.60. The van der Waals surface area contributed by atoms with E-state index in [1.54, 1.807) is 10.9 Å². The third-order valence-corrected chi connectivity index (χ3v) is 2.55. The van der Waals surface area contributed by atoms with Crippen LogP contribution in [-0.2, 0) is 7.05 Å². The Morgan fingerprint density at radius 3 is 2.81 bits per heavy atom. The first-order valence-electron chi connectivity index (χ1n) is 5.08. The fourth-order valence-electron chi connectivity index (χ4n) is 1.76. The summed E-state index contributed by atoms with van der Waals surface area (Å²) in [5.41, 5.74) is 5.94. The van der Waals surface area contributed by atoms with Gasteiger partial charge in [-0.25, -0.2) is 5.43 Å². The van der Waals surface area contributed by atoms with Crippen molar-refractivity contribution in [1.82, 2.24) is 20.2 Å². The van der Waals surface area contributed by atoms with Crippen LogP contribution >= 0.6 is 0 Å². The van der Waals surface area contributed by atoms with Gasteiger partial charge in [0.2, 0.25) is 0 Å². The van der Waals surface area contributed by atoms with Crippen LogP contribution in [0.1, 0.15) is 22.9 Å². The Kier molecular flexibility index (Phi) is 2.98. The Balaban J connectivity index is 2.40. The first-order valence-corrected chi connectivity index (χ1v) is 5.08. The molecule has 0 radical (unpaired) electrons. The number of rotatable bonds is 3. The first-order chi connectivity index (χ1) is 7.72. The number of nitrogens with one attached hydrogen (secondary N) is 1. The maximum Gasteiger partial charge on any atom is 0.0893 e. The fourth-order valence-corrected chi connectivity index (χ4v) is 1.76. The van der Waals surface area contributed by atoms with Crippen LogP contribution in [0.5, 0.6) is 0 Å². The van der Waals surface area contributed by atoms with Crippen molar-refractivity contribution in [3.05, 3.63) is 47.5 Å². The highest BCUT2D eigenvalue weighted by Crippen LogP contribution is 2.20. The normalized spacial score (nSPS) is 12.7. The lowest BCUT2D eigenvalue weighted by atomic mass is 10.1. The van der Waals surface area contributed by atoms with Gasteiger partial charge in [0.05, 0.1) is 11.7 Å². The van der Waals surface area contributed by atoms with Gasteiger partial charge in [-0.2, -0.15) is 5.10 Å². The number of aromatic nitrogens is 3. The van der Waals surface area contributed by atoms with Crippen LogP contribution in [0.25, 0.3) is 0 Å². The summed E-state index contributed by atoms with van der Waals surface area (Å²) in [6.07, 6.45) is 5.38. The Morgan fingerprint density at radius 1 is 1.44 bits per heavy atom. The molecule has 0 aliphatic heterocycles. The van der Waals surface area contributed by atoms with Crippen molar-refractivity contribution in [3.63, 3.8) is 0 Å². The van der Waals surface area contributed by atoms with Gasteiger partial charge in [-0.1, -0.05) is 6.07 Å². The van der Waals surface area contributed by atoms with Gasteiger partial charge in [0, 0.05) is 25.6 Å². The molecule has 5 nitrogen and oxygen atoms in total. The molecule has 0 amide bonds. The van der Waals surface area contributed by atoms with Gasteiger partial charge < -0.3 is 0 Å². The molecule has 0 aliphatic carbocycles. The zero-order valence-corrected chi connectivity index (χ0v) is 9.38. The highest BCUT2D eigenvalue weighted by molar-refractivity contribution is 5.27. The minimum Gasteiger partial charge on any atom is -0.271 e. The van der Waals surface area contributed by atoms with E-state index in [0.29, 0.717) is 0 Å². The van der Waals surface area contributed by atoms with E-state index in [-0.39, 0.29) is 6.04 Å². The van der Waals surface area contributed by atoms with Crippen LogP contribution in [0.15, 0.2) is 30.7 Å². The molecule has 84 valence electrons. The smallest absolute Gasteiger partial charge is 0.0893 e. The van der Waals surface area contributed by atoms with E-state index in [2.05, 4.69) is 21.6 Å². The van der Waals surface area contributed by atoms with Crippen molar-refractivity contribution in [1.29, 1.82) is 0 Å². The fraction of sp³-hybridized carbons (Fsp3) is 0.273. The summed E-state index contributed by atoms with van der Waals surface area (Å²) in [6, 6.07) is 3.91. The Hall–Kier alpha value is -1.72. The Morgan fingerprint density at radius 2 is 2.25 bits per heavy atom. The Bertz CT molecular complexity index is 477. The molecule has 5 heteroatoms. The van der Waals surface area contributed by atoms with E-state index < -0.39 is 0 Å². The molecule has 3 N–H and O–H groups in total. The number of nitrogens with zero attached hydrogens (tertiary/aromatic N) is 3. The third-order valence-electron chi connectivity index (χ3n) is 2.55. The zero-order chi connectivity index (χ0) is 11.5. The van der Waals surface area contributed by atoms with Gasteiger partial charge in [-0.05, 0) is 24.1 Å². The van der Waals surface area contributed by atoms with Gasteiger partial charge in [0.15, 0.2) is 0 Å². The highest BCUT2D eigenvalue weighted by atomic mass is 15.3. The summed E-state index contributed by atoms with van der Waals surface area (Å²) in [5.74, 6) is 5.60. The van der Waals surface area contributed by atoms with Crippen LogP contribution in [0.4, 0.5) is 0 Å². The lowest BCUT2D eigenvalue weighted by Gasteiger charge is -2.16. The molecule has 2 heterocycles. The minimum absolute atomic E-state index is 0.0834. The molecular formula is C11H15N5. The van der Waals surface area contributed by atoms with Crippen molar-refractivity contribution in [2.45, 2.75) is 13.0 Å². The third kappa shape index (κ3) is 1.95. The summed E-state index contributed by atoms with van der Waals surface area (Å²) >= 11 is 0. The number of hydrogen-bond donors (Lipinski definition) is 2. The van der Waals surface area contributed by atoms with E-state index in [1.807, 2.05) is 32.4 Å². The van der Waals surface area contributed by atoms with E-state index in [9.17, 15) is 0 Å². The van der Waals surface area contributed by atoms with Crippen LogP contribution in [0.3, 0.4) is 0 Å². The van der Waals surface area contributed by atoms with Gasteiger partial charge in [0.1, 0.15) is 0 Å². The number of hydrogen-bond acceptors (Lipinski definition) is 4. The summed E-state index contributed by atoms with van der Waals surface area (Å²) < 4.78 is 1.80. The second-order valence-electron chi connectivity index (χ2n) is 3.77. The molecule has 0 spiro atoms. The second kappa shape index (κ2) is 4.42. The summed E-state index contributed by atoms with van der Waals surface area (Å²) in [4.78, 5) is 4.17. The Labute approximate surface area is 94.3 Å². The predicted octanol–water partition coefficient (Wildman–Crippen LogP) is 0.676. The van der Waals surface area contributed by atoms with Crippen molar-refractivity contribution in [2.75, 3.05) is 0 Å². The molecule has 0 saturated heterocycles. The summed E-state index contributed by atoms with van der Waals surface area (Å²) in [5, 5.41) is 4.13. The molecule has 2 aromatic rings. The van der Waals surface area contributed by atoms with E-state index in [0.717, 1.165) is 16.8 Å². The van der Waals surface area contributed by atoms with Crippen LogP contribution in [-0.4, -0.2) is 14.8 Å². The average molecular weight is 217 g/mol. The number of pyridine rings is 1. The average Bonchev–Trinajstić information content (AvgIpc) is 2.67. The molecule has 0 saturated carbocycles. The van der Waals surface area contributed by atoms with Crippen molar-refractivity contribution < 1.29 is 0 Å². The number of hydrazine groups is 1. The molecule has 0 bridgehead atoms. The molecule has 0 aliphatic rings. The van der Waals surface area contributed by atoms with Crippen LogP contribution in [0, 0.1) is 6.92 Å². The molecule has 16 heavy (non-hydrogen) atoms. The van der Waals surface area contributed by atoms with E-state index in [4.69, 9.17) is 5.84 Å². The summed E-state index contributed by atoms with van der Waals surface area (Å²) in [7, 11) is 1.89. The summed E-state index contributed by atoms with van der Waals surface area (Å²) in [6.45, 7) is 2.01. The zero-order valence-electron chi connectivity index (χ0n) is 9.38. The molecule has 0 fully saturated rings. The maximum absolute atomic E-state index is 5.60. The highest BCUT2D eigenvalue weighted by Gasteiger charge is 2.15. The van der Waals surface area contributed by atoms with Gasteiger partial charge in [0.25, 0.3) is 0 Å². The predicted molar refractivity (Wildman–Crippen MR) is 61.3 cm³/mol. The molecular weight excluding hydrogens is 202 g/mol. The van der Waals surface area contributed by atoms with E-state index in [1.165, 1.54) is 0 Å². The number of nitrogens with two attached hydrogens (primary N) is 1. The molecule has 1 unspecified atom stereocenters.